The summed E-state index contributed by atoms with van der Waals surface area (Å²) < 4.78 is 10.4. The van der Waals surface area contributed by atoms with Crippen LogP contribution in [0.5, 0.6) is 5.75 Å². The second-order valence-electron chi connectivity index (χ2n) is 6.12. The third-order valence-corrected chi connectivity index (χ3v) is 4.70. The molecule has 0 unspecified atom stereocenters. The number of rotatable bonds is 5. The summed E-state index contributed by atoms with van der Waals surface area (Å²) in [6, 6.07) is 10.6. The molecule has 5 nitrogen and oxygen atoms in total. The lowest BCUT2D eigenvalue weighted by molar-refractivity contribution is -0.118. The van der Waals surface area contributed by atoms with E-state index < -0.39 is 5.97 Å². The molecular formula is C20H20ClNO4. The molecule has 3 rings (SSSR count). The second kappa shape index (κ2) is 8.23. The molecule has 136 valence electrons. The number of halogens is 1. The number of aryl methyl sites for hydroxylation is 1. The summed E-state index contributed by atoms with van der Waals surface area (Å²) in [6.45, 7) is -0.105. The highest BCUT2D eigenvalue weighted by Gasteiger charge is 2.16. The summed E-state index contributed by atoms with van der Waals surface area (Å²) in [5.41, 5.74) is 3.16. The number of amides is 1. The van der Waals surface area contributed by atoms with Gasteiger partial charge in [0.05, 0.1) is 17.7 Å². The van der Waals surface area contributed by atoms with Crippen LogP contribution in [0.4, 0.5) is 5.69 Å². The summed E-state index contributed by atoms with van der Waals surface area (Å²) in [7, 11) is 1.28. The molecule has 0 fully saturated rings. The van der Waals surface area contributed by atoms with Gasteiger partial charge in [-0.2, -0.15) is 0 Å². The SMILES string of the molecule is COC(=O)c1cc(NC(=O)COc2cccc3c2CCCC3)ccc1Cl. The molecule has 1 N–H and O–H groups in total. The molecule has 2 aromatic rings. The Kier molecular flexibility index (Phi) is 5.78. The van der Waals surface area contributed by atoms with Gasteiger partial charge in [0.15, 0.2) is 6.61 Å². The van der Waals surface area contributed by atoms with Gasteiger partial charge in [-0.25, -0.2) is 4.79 Å². The van der Waals surface area contributed by atoms with E-state index in [1.165, 1.54) is 36.8 Å². The number of benzene rings is 2. The molecule has 0 bridgehead atoms. The average molecular weight is 374 g/mol. The summed E-state index contributed by atoms with van der Waals surface area (Å²) in [6.07, 6.45) is 4.36. The summed E-state index contributed by atoms with van der Waals surface area (Å²) >= 11 is 5.98. The van der Waals surface area contributed by atoms with Crippen molar-refractivity contribution in [3.05, 3.63) is 58.1 Å². The van der Waals surface area contributed by atoms with E-state index in [9.17, 15) is 9.59 Å². The molecule has 2 aromatic carbocycles. The molecule has 6 heteroatoms. The maximum atomic E-state index is 12.2. The molecular weight excluding hydrogens is 354 g/mol. The van der Waals surface area contributed by atoms with E-state index in [2.05, 4.69) is 16.1 Å². The molecule has 1 aliphatic rings. The molecule has 0 radical (unpaired) electrons. The fourth-order valence-electron chi connectivity index (χ4n) is 3.09. The standard InChI is InChI=1S/C20H20ClNO4/c1-25-20(24)16-11-14(9-10-17(16)21)22-19(23)12-26-18-8-4-6-13-5-2-3-7-15(13)18/h4,6,8-11H,2-3,5,7,12H2,1H3,(H,22,23). The van der Waals surface area contributed by atoms with Crippen molar-refractivity contribution in [2.45, 2.75) is 25.7 Å². The minimum Gasteiger partial charge on any atom is -0.483 e. The Morgan fingerprint density at radius 3 is 2.77 bits per heavy atom. The predicted molar refractivity (Wildman–Crippen MR) is 100 cm³/mol. The first-order valence-electron chi connectivity index (χ1n) is 8.50. The second-order valence-corrected chi connectivity index (χ2v) is 6.53. The van der Waals surface area contributed by atoms with E-state index in [-0.39, 0.29) is 23.1 Å². The Labute approximate surface area is 157 Å². The van der Waals surface area contributed by atoms with Gasteiger partial charge in [-0.3, -0.25) is 4.79 Å². The van der Waals surface area contributed by atoms with E-state index in [0.717, 1.165) is 25.0 Å². The van der Waals surface area contributed by atoms with Crippen LogP contribution in [0.25, 0.3) is 0 Å². The first kappa shape index (κ1) is 18.3. The van der Waals surface area contributed by atoms with Crippen LogP contribution in [0.3, 0.4) is 0 Å². The minimum absolute atomic E-state index is 0.105. The Morgan fingerprint density at radius 1 is 1.15 bits per heavy atom. The maximum Gasteiger partial charge on any atom is 0.339 e. The number of carbonyl (C=O) groups is 2. The van der Waals surface area contributed by atoms with E-state index in [0.29, 0.717) is 5.69 Å². The van der Waals surface area contributed by atoms with Gasteiger partial charge < -0.3 is 14.8 Å². The normalized spacial score (nSPS) is 12.8. The zero-order chi connectivity index (χ0) is 18.5. The van der Waals surface area contributed by atoms with E-state index in [1.807, 2.05) is 12.1 Å². The Morgan fingerprint density at radius 2 is 1.96 bits per heavy atom. The third kappa shape index (κ3) is 4.17. The molecule has 1 aliphatic carbocycles. The topological polar surface area (TPSA) is 64.6 Å². The number of ether oxygens (including phenoxy) is 2. The fourth-order valence-corrected chi connectivity index (χ4v) is 3.29. The summed E-state index contributed by atoms with van der Waals surface area (Å²) in [5, 5.41) is 2.97. The number of esters is 1. The van der Waals surface area contributed by atoms with Gasteiger partial charge in [0.2, 0.25) is 0 Å². The van der Waals surface area contributed by atoms with Crippen LogP contribution in [0.1, 0.15) is 34.3 Å². The number of methoxy groups -OCH3 is 1. The number of carbonyl (C=O) groups excluding carboxylic acids is 2. The van der Waals surface area contributed by atoms with Crippen LogP contribution >= 0.6 is 11.6 Å². The lowest BCUT2D eigenvalue weighted by Crippen LogP contribution is -2.21. The summed E-state index contributed by atoms with van der Waals surface area (Å²) in [5.74, 6) is -0.0986. The smallest absolute Gasteiger partial charge is 0.339 e. The molecule has 1 amide bonds. The van der Waals surface area contributed by atoms with Gasteiger partial charge >= 0.3 is 5.97 Å². The number of hydrogen-bond donors (Lipinski definition) is 1. The molecule has 0 saturated heterocycles. The largest absolute Gasteiger partial charge is 0.483 e. The van der Waals surface area contributed by atoms with Crippen LogP contribution < -0.4 is 10.1 Å². The lowest BCUT2D eigenvalue weighted by atomic mass is 9.91. The average Bonchev–Trinajstić information content (AvgIpc) is 2.67. The molecule has 0 heterocycles. The summed E-state index contributed by atoms with van der Waals surface area (Å²) in [4.78, 5) is 23.9. The molecule has 0 aromatic heterocycles. The third-order valence-electron chi connectivity index (χ3n) is 4.37. The van der Waals surface area contributed by atoms with Gasteiger partial charge in [-0.1, -0.05) is 23.7 Å². The fraction of sp³-hybridized carbons (Fsp3) is 0.300. The molecule has 26 heavy (non-hydrogen) atoms. The number of anilines is 1. The van der Waals surface area contributed by atoms with Gasteiger partial charge in [0.25, 0.3) is 5.91 Å². The van der Waals surface area contributed by atoms with E-state index >= 15 is 0 Å². The van der Waals surface area contributed by atoms with Crippen molar-refractivity contribution in [1.29, 1.82) is 0 Å². The van der Waals surface area contributed by atoms with Gasteiger partial charge in [0.1, 0.15) is 5.75 Å². The highest BCUT2D eigenvalue weighted by Crippen LogP contribution is 2.29. The molecule has 0 saturated carbocycles. The van der Waals surface area contributed by atoms with E-state index in [1.54, 1.807) is 6.07 Å². The molecule has 0 atom stereocenters. The van der Waals surface area contributed by atoms with Crippen LogP contribution in [0.15, 0.2) is 36.4 Å². The van der Waals surface area contributed by atoms with E-state index in [4.69, 9.17) is 16.3 Å². The minimum atomic E-state index is -0.557. The number of fused-ring (bicyclic) bond motifs is 1. The quantitative estimate of drug-likeness (QED) is 0.804. The predicted octanol–water partition coefficient (Wildman–Crippen LogP) is 4.02. The Balaban J connectivity index is 1.64. The van der Waals surface area contributed by atoms with Crippen molar-refractivity contribution in [3.8, 4) is 5.75 Å². The van der Waals surface area contributed by atoms with Gasteiger partial charge in [-0.05, 0) is 61.1 Å². The van der Waals surface area contributed by atoms with Crippen molar-refractivity contribution in [3.63, 3.8) is 0 Å². The van der Waals surface area contributed by atoms with Crippen LogP contribution in [0.2, 0.25) is 5.02 Å². The van der Waals surface area contributed by atoms with Crippen LogP contribution in [-0.4, -0.2) is 25.6 Å². The number of nitrogens with one attached hydrogen (secondary N) is 1. The van der Waals surface area contributed by atoms with Crippen molar-refractivity contribution in [2.24, 2.45) is 0 Å². The van der Waals surface area contributed by atoms with Crippen molar-refractivity contribution >= 4 is 29.2 Å². The molecule has 0 spiro atoms. The number of hydrogen-bond acceptors (Lipinski definition) is 4. The maximum absolute atomic E-state index is 12.2. The van der Waals surface area contributed by atoms with Crippen LogP contribution in [0, 0.1) is 0 Å². The van der Waals surface area contributed by atoms with Crippen molar-refractivity contribution in [2.75, 3.05) is 19.0 Å². The highest BCUT2D eigenvalue weighted by atomic mass is 35.5. The van der Waals surface area contributed by atoms with Gasteiger partial charge in [0, 0.05) is 5.69 Å². The molecule has 0 aliphatic heterocycles. The van der Waals surface area contributed by atoms with Crippen molar-refractivity contribution < 1.29 is 19.1 Å². The van der Waals surface area contributed by atoms with Gasteiger partial charge in [-0.15, -0.1) is 0 Å². The first-order chi connectivity index (χ1) is 12.6. The lowest BCUT2D eigenvalue weighted by Gasteiger charge is -2.19. The first-order valence-corrected chi connectivity index (χ1v) is 8.87. The monoisotopic (exact) mass is 373 g/mol. The highest BCUT2D eigenvalue weighted by molar-refractivity contribution is 6.33. The zero-order valence-electron chi connectivity index (χ0n) is 14.5. The van der Waals surface area contributed by atoms with Crippen LogP contribution in [-0.2, 0) is 22.4 Å². The Bertz CT molecular complexity index is 835. The van der Waals surface area contributed by atoms with Crippen molar-refractivity contribution in [1.82, 2.24) is 0 Å². The Hall–Kier alpha value is -2.53. The zero-order valence-corrected chi connectivity index (χ0v) is 15.3.